The van der Waals surface area contributed by atoms with Crippen molar-refractivity contribution in [2.24, 2.45) is 0 Å². The molecule has 122 valence electrons. The third kappa shape index (κ3) is 2.25. The predicted molar refractivity (Wildman–Crippen MR) is 98.9 cm³/mol. The summed E-state index contributed by atoms with van der Waals surface area (Å²) in [4.78, 5) is 15.5. The van der Waals surface area contributed by atoms with Gasteiger partial charge in [0.25, 0.3) is 0 Å². The number of ether oxygens (including phenoxy) is 1. The molecule has 1 aromatic carbocycles. The molecule has 2 nitrogen and oxygen atoms in total. The van der Waals surface area contributed by atoms with E-state index in [1.807, 2.05) is 18.4 Å². The van der Waals surface area contributed by atoms with E-state index in [2.05, 4.69) is 47.8 Å². The summed E-state index contributed by atoms with van der Waals surface area (Å²) in [6, 6.07) is 16.7. The first-order valence-corrected chi connectivity index (χ1v) is 9.85. The standard InChI is InChI=1S/C20H18O2S2/c1-2-22-19(21)20(17-10-6-12-24-17)13-14-7-3-4-8-15(14)18(20)16-9-5-11-23-16/h3-12,18H,2,13H2,1H3. The zero-order chi connectivity index (χ0) is 16.6. The predicted octanol–water partition coefficient (Wildman–Crippen LogP) is 5.00. The van der Waals surface area contributed by atoms with E-state index in [4.69, 9.17) is 4.74 Å². The van der Waals surface area contributed by atoms with Crippen molar-refractivity contribution in [1.29, 1.82) is 0 Å². The Bertz CT molecular complexity index is 836. The summed E-state index contributed by atoms with van der Waals surface area (Å²) in [5.74, 6) is -0.0894. The lowest BCUT2D eigenvalue weighted by atomic mass is 9.74. The molecule has 0 saturated heterocycles. The van der Waals surface area contributed by atoms with Gasteiger partial charge >= 0.3 is 5.97 Å². The Balaban J connectivity index is 1.97. The number of thiophene rings is 2. The van der Waals surface area contributed by atoms with Gasteiger partial charge in [0.1, 0.15) is 5.41 Å². The van der Waals surface area contributed by atoms with Crippen molar-refractivity contribution in [3.05, 3.63) is 80.2 Å². The van der Waals surface area contributed by atoms with Crippen LogP contribution >= 0.6 is 22.7 Å². The molecular weight excluding hydrogens is 336 g/mol. The van der Waals surface area contributed by atoms with Crippen LogP contribution in [0.5, 0.6) is 0 Å². The number of carbonyl (C=O) groups is 1. The van der Waals surface area contributed by atoms with Crippen molar-refractivity contribution < 1.29 is 9.53 Å². The normalized spacial score (nSPS) is 22.3. The highest BCUT2D eigenvalue weighted by atomic mass is 32.1. The SMILES string of the molecule is CCOC(=O)C1(c2cccs2)Cc2ccccc2C1c1cccs1. The molecule has 2 atom stereocenters. The molecule has 0 radical (unpaired) electrons. The minimum absolute atomic E-state index is 0.0198. The van der Waals surface area contributed by atoms with Gasteiger partial charge in [0.05, 0.1) is 6.61 Å². The largest absolute Gasteiger partial charge is 0.465 e. The summed E-state index contributed by atoms with van der Waals surface area (Å²) >= 11 is 3.36. The molecule has 0 N–H and O–H groups in total. The Labute approximate surface area is 149 Å². The summed E-state index contributed by atoms with van der Waals surface area (Å²) < 4.78 is 5.58. The quantitative estimate of drug-likeness (QED) is 0.616. The summed E-state index contributed by atoms with van der Waals surface area (Å²) in [6.45, 7) is 2.28. The lowest BCUT2D eigenvalue weighted by molar-refractivity contribution is -0.150. The van der Waals surface area contributed by atoms with Gasteiger partial charge in [-0.15, -0.1) is 22.7 Å². The number of hydrogen-bond acceptors (Lipinski definition) is 4. The molecule has 1 aliphatic carbocycles. The minimum atomic E-state index is -0.654. The number of esters is 1. The molecule has 4 heteroatoms. The second-order valence-corrected chi connectivity index (χ2v) is 7.92. The highest BCUT2D eigenvalue weighted by Gasteiger charge is 2.55. The Morgan fingerprint density at radius 3 is 2.62 bits per heavy atom. The highest BCUT2D eigenvalue weighted by molar-refractivity contribution is 7.10. The van der Waals surface area contributed by atoms with Crippen LogP contribution in [-0.2, 0) is 21.4 Å². The van der Waals surface area contributed by atoms with E-state index >= 15 is 0 Å². The number of carbonyl (C=O) groups excluding carboxylic acids is 1. The molecule has 0 saturated carbocycles. The molecule has 1 aliphatic rings. The second-order valence-electron chi connectivity index (χ2n) is 5.99. The van der Waals surface area contributed by atoms with Crippen LogP contribution in [0.4, 0.5) is 0 Å². The molecule has 0 amide bonds. The third-order valence-electron chi connectivity index (χ3n) is 4.76. The van der Waals surface area contributed by atoms with Crippen LogP contribution in [-0.4, -0.2) is 12.6 Å². The number of benzene rings is 1. The summed E-state index contributed by atoms with van der Waals surface area (Å²) in [5, 5.41) is 4.13. The third-order valence-corrected chi connectivity index (χ3v) is 6.74. The molecular formula is C20H18O2S2. The molecule has 4 rings (SSSR count). The molecule has 2 unspecified atom stereocenters. The molecule has 0 spiro atoms. The van der Waals surface area contributed by atoms with Crippen molar-refractivity contribution in [3.8, 4) is 0 Å². The van der Waals surface area contributed by atoms with E-state index in [1.54, 1.807) is 22.7 Å². The van der Waals surface area contributed by atoms with Crippen LogP contribution in [0.3, 0.4) is 0 Å². The van der Waals surface area contributed by atoms with E-state index in [0.29, 0.717) is 13.0 Å². The fraction of sp³-hybridized carbons (Fsp3) is 0.250. The minimum Gasteiger partial charge on any atom is -0.465 e. The van der Waals surface area contributed by atoms with Crippen LogP contribution in [0, 0.1) is 0 Å². The van der Waals surface area contributed by atoms with Crippen molar-refractivity contribution >= 4 is 28.6 Å². The Kier molecular flexibility index (Phi) is 4.02. The van der Waals surface area contributed by atoms with Gasteiger partial charge in [0.15, 0.2) is 0 Å². The molecule has 24 heavy (non-hydrogen) atoms. The van der Waals surface area contributed by atoms with Gasteiger partial charge in [-0.05, 0) is 47.4 Å². The van der Waals surface area contributed by atoms with Gasteiger partial charge < -0.3 is 4.74 Å². The topological polar surface area (TPSA) is 26.3 Å². The smallest absolute Gasteiger partial charge is 0.318 e. The van der Waals surface area contributed by atoms with E-state index in [9.17, 15) is 4.79 Å². The van der Waals surface area contributed by atoms with Gasteiger partial charge in [0.2, 0.25) is 0 Å². The van der Waals surface area contributed by atoms with Crippen LogP contribution in [0.1, 0.15) is 33.7 Å². The first-order chi connectivity index (χ1) is 11.8. The zero-order valence-corrected chi connectivity index (χ0v) is 15.0. The van der Waals surface area contributed by atoms with Gasteiger partial charge in [-0.1, -0.05) is 36.4 Å². The summed E-state index contributed by atoms with van der Waals surface area (Å²) in [6.07, 6.45) is 0.699. The van der Waals surface area contributed by atoms with Crippen molar-refractivity contribution in [3.63, 3.8) is 0 Å². The fourth-order valence-corrected chi connectivity index (χ4v) is 5.69. The van der Waals surface area contributed by atoms with E-state index in [-0.39, 0.29) is 11.9 Å². The Morgan fingerprint density at radius 2 is 1.92 bits per heavy atom. The van der Waals surface area contributed by atoms with Gasteiger partial charge in [-0.2, -0.15) is 0 Å². The summed E-state index contributed by atoms with van der Waals surface area (Å²) in [5.41, 5.74) is 1.84. The second kappa shape index (κ2) is 6.19. The first kappa shape index (κ1) is 15.6. The zero-order valence-electron chi connectivity index (χ0n) is 13.4. The molecule has 3 aromatic rings. The van der Waals surface area contributed by atoms with Crippen molar-refractivity contribution in [1.82, 2.24) is 0 Å². The van der Waals surface area contributed by atoms with Crippen LogP contribution in [0.25, 0.3) is 0 Å². The average molecular weight is 354 g/mol. The fourth-order valence-electron chi connectivity index (χ4n) is 3.81. The average Bonchev–Trinajstić information content (AvgIpc) is 3.33. The number of rotatable bonds is 4. The summed E-state index contributed by atoms with van der Waals surface area (Å²) in [7, 11) is 0. The molecule has 2 aromatic heterocycles. The van der Waals surface area contributed by atoms with Crippen LogP contribution in [0.2, 0.25) is 0 Å². The van der Waals surface area contributed by atoms with Gasteiger partial charge in [0, 0.05) is 15.7 Å². The highest BCUT2D eigenvalue weighted by Crippen LogP contribution is 2.54. The first-order valence-electron chi connectivity index (χ1n) is 8.09. The van der Waals surface area contributed by atoms with E-state index in [1.165, 1.54) is 16.0 Å². The van der Waals surface area contributed by atoms with Gasteiger partial charge in [-0.25, -0.2) is 0 Å². The molecule has 0 fully saturated rings. The Morgan fingerprint density at radius 1 is 1.12 bits per heavy atom. The number of hydrogen-bond donors (Lipinski definition) is 0. The van der Waals surface area contributed by atoms with Crippen molar-refractivity contribution in [2.45, 2.75) is 24.7 Å². The monoisotopic (exact) mass is 354 g/mol. The number of fused-ring (bicyclic) bond motifs is 1. The maximum absolute atomic E-state index is 13.2. The lowest BCUT2D eigenvalue weighted by Crippen LogP contribution is -2.41. The maximum Gasteiger partial charge on any atom is 0.318 e. The van der Waals surface area contributed by atoms with Gasteiger partial charge in [-0.3, -0.25) is 4.79 Å². The lowest BCUT2D eigenvalue weighted by Gasteiger charge is -2.32. The molecule has 2 heterocycles. The van der Waals surface area contributed by atoms with E-state index < -0.39 is 5.41 Å². The molecule has 0 bridgehead atoms. The molecule has 0 aliphatic heterocycles. The maximum atomic E-state index is 13.2. The van der Waals surface area contributed by atoms with Crippen LogP contribution in [0.15, 0.2) is 59.3 Å². The Hall–Kier alpha value is -1.91. The van der Waals surface area contributed by atoms with E-state index in [0.717, 1.165) is 4.88 Å². The van der Waals surface area contributed by atoms with Crippen LogP contribution < -0.4 is 0 Å². The van der Waals surface area contributed by atoms with Crippen molar-refractivity contribution in [2.75, 3.05) is 6.61 Å².